The molecule has 0 aliphatic heterocycles. The second-order valence-corrected chi connectivity index (χ2v) is 5.32. The monoisotopic (exact) mass is 274 g/mol. The van der Waals surface area contributed by atoms with Gasteiger partial charge in [-0.2, -0.15) is 0 Å². The zero-order valence-electron chi connectivity index (χ0n) is 12.2. The number of amides is 2. The Hall–Kier alpha value is -1.84. The molecule has 4 heteroatoms. The maximum absolute atomic E-state index is 11.7. The summed E-state index contributed by atoms with van der Waals surface area (Å²) in [6.07, 6.45) is 4.63. The predicted molar refractivity (Wildman–Crippen MR) is 80.8 cm³/mol. The number of hydrogen-bond acceptors (Lipinski definition) is 2. The molecule has 0 bridgehead atoms. The van der Waals surface area contributed by atoms with Crippen molar-refractivity contribution < 1.29 is 9.59 Å². The molecule has 2 amide bonds. The Bertz CT molecular complexity index is 478. The van der Waals surface area contributed by atoms with Gasteiger partial charge in [-0.15, -0.1) is 0 Å². The van der Waals surface area contributed by atoms with Crippen LogP contribution in [0.15, 0.2) is 24.3 Å². The molecule has 1 fully saturated rings. The zero-order valence-corrected chi connectivity index (χ0v) is 12.2. The highest BCUT2D eigenvalue weighted by atomic mass is 16.2. The van der Waals surface area contributed by atoms with Gasteiger partial charge < -0.3 is 10.2 Å². The molecule has 1 saturated carbocycles. The average molecular weight is 274 g/mol. The Morgan fingerprint density at radius 1 is 1.25 bits per heavy atom. The van der Waals surface area contributed by atoms with Crippen LogP contribution in [-0.2, 0) is 9.59 Å². The van der Waals surface area contributed by atoms with Gasteiger partial charge in [0.2, 0.25) is 11.8 Å². The lowest BCUT2D eigenvalue weighted by atomic mass is 10.2. The summed E-state index contributed by atoms with van der Waals surface area (Å²) in [7, 11) is 0. The van der Waals surface area contributed by atoms with Crippen molar-refractivity contribution in [1.82, 2.24) is 0 Å². The lowest BCUT2D eigenvalue weighted by Crippen LogP contribution is -2.30. The average Bonchev–Trinajstić information content (AvgIpc) is 3.23. The number of carbonyl (C=O) groups is 2. The Morgan fingerprint density at radius 2 is 1.90 bits per heavy atom. The van der Waals surface area contributed by atoms with Crippen LogP contribution in [0, 0.1) is 0 Å². The van der Waals surface area contributed by atoms with E-state index >= 15 is 0 Å². The van der Waals surface area contributed by atoms with Crippen molar-refractivity contribution in [3.63, 3.8) is 0 Å². The van der Waals surface area contributed by atoms with Crippen molar-refractivity contribution in [2.24, 2.45) is 0 Å². The van der Waals surface area contributed by atoms with Gasteiger partial charge in [0.25, 0.3) is 0 Å². The maximum Gasteiger partial charge on any atom is 0.224 e. The highest BCUT2D eigenvalue weighted by Gasteiger charge is 2.31. The first kappa shape index (κ1) is 14.6. The van der Waals surface area contributed by atoms with Gasteiger partial charge >= 0.3 is 0 Å². The number of nitrogens with zero attached hydrogens (tertiary/aromatic N) is 1. The number of rotatable bonds is 6. The van der Waals surface area contributed by atoms with Crippen molar-refractivity contribution in [1.29, 1.82) is 0 Å². The minimum absolute atomic E-state index is 0.0465. The maximum atomic E-state index is 11.7. The molecule has 2 rings (SSSR count). The summed E-state index contributed by atoms with van der Waals surface area (Å²) in [5, 5.41) is 2.87. The van der Waals surface area contributed by atoms with Crippen molar-refractivity contribution in [3.05, 3.63) is 24.3 Å². The molecule has 20 heavy (non-hydrogen) atoms. The first-order chi connectivity index (χ1) is 9.61. The van der Waals surface area contributed by atoms with Gasteiger partial charge in [-0.3, -0.25) is 9.59 Å². The molecule has 1 aromatic rings. The predicted octanol–water partition coefficient (Wildman–Crippen LogP) is 3.33. The van der Waals surface area contributed by atoms with E-state index in [1.54, 1.807) is 6.92 Å². The Kier molecular flexibility index (Phi) is 4.77. The first-order valence-corrected chi connectivity index (χ1v) is 7.31. The van der Waals surface area contributed by atoms with E-state index in [0.717, 1.165) is 37.1 Å². The molecule has 0 aromatic heterocycles. The molecular formula is C16H22N2O2. The van der Waals surface area contributed by atoms with Gasteiger partial charge in [0, 0.05) is 30.8 Å². The van der Waals surface area contributed by atoms with Crippen LogP contribution in [0.4, 0.5) is 11.4 Å². The molecule has 1 aliphatic rings. The van der Waals surface area contributed by atoms with E-state index in [1.807, 2.05) is 29.2 Å². The van der Waals surface area contributed by atoms with E-state index in [1.165, 1.54) is 0 Å². The highest BCUT2D eigenvalue weighted by Crippen LogP contribution is 2.32. The van der Waals surface area contributed by atoms with Gasteiger partial charge in [-0.05, 0) is 43.5 Å². The van der Waals surface area contributed by atoms with Gasteiger partial charge in [-0.25, -0.2) is 0 Å². The fraction of sp³-hybridized carbons (Fsp3) is 0.500. The summed E-state index contributed by atoms with van der Waals surface area (Å²) in [6, 6.07) is 7.87. The summed E-state index contributed by atoms with van der Waals surface area (Å²) in [5.74, 6) is 0.123. The standard InChI is InChI=1S/C16H22N2O2/c1-3-4-5-16(20)17-13-6-8-14(9-7-13)18(12(2)19)15-10-11-15/h6-9,15H,3-5,10-11H2,1-2H3,(H,17,20). The molecule has 108 valence electrons. The molecule has 4 nitrogen and oxygen atoms in total. The quantitative estimate of drug-likeness (QED) is 0.865. The second kappa shape index (κ2) is 6.55. The summed E-state index contributed by atoms with van der Waals surface area (Å²) >= 11 is 0. The fourth-order valence-electron chi connectivity index (χ4n) is 2.25. The fourth-order valence-corrected chi connectivity index (χ4v) is 2.25. The van der Waals surface area contributed by atoms with E-state index < -0.39 is 0 Å². The largest absolute Gasteiger partial charge is 0.326 e. The van der Waals surface area contributed by atoms with Gasteiger partial charge in [0.05, 0.1) is 0 Å². The van der Waals surface area contributed by atoms with E-state index in [0.29, 0.717) is 12.5 Å². The third kappa shape index (κ3) is 3.83. The molecule has 0 radical (unpaired) electrons. The Labute approximate surface area is 120 Å². The molecule has 1 N–H and O–H groups in total. The van der Waals surface area contributed by atoms with Crippen LogP contribution in [0.3, 0.4) is 0 Å². The lowest BCUT2D eigenvalue weighted by Gasteiger charge is -2.21. The molecule has 0 spiro atoms. The minimum Gasteiger partial charge on any atom is -0.326 e. The molecule has 0 unspecified atom stereocenters. The Morgan fingerprint density at radius 3 is 2.40 bits per heavy atom. The summed E-state index contributed by atoms with van der Waals surface area (Å²) in [6.45, 7) is 3.66. The van der Waals surface area contributed by atoms with Gasteiger partial charge in [0.15, 0.2) is 0 Å². The lowest BCUT2D eigenvalue weighted by molar-refractivity contribution is -0.117. The topological polar surface area (TPSA) is 49.4 Å². The zero-order chi connectivity index (χ0) is 14.5. The second-order valence-electron chi connectivity index (χ2n) is 5.32. The molecule has 1 aliphatic carbocycles. The summed E-state index contributed by atoms with van der Waals surface area (Å²) in [5.41, 5.74) is 1.70. The molecule has 0 saturated heterocycles. The highest BCUT2D eigenvalue weighted by molar-refractivity contribution is 5.94. The number of hydrogen-bond donors (Lipinski definition) is 1. The van der Waals surface area contributed by atoms with Crippen LogP contribution in [0.5, 0.6) is 0 Å². The van der Waals surface area contributed by atoms with Crippen molar-refractivity contribution >= 4 is 23.2 Å². The Balaban J connectivity index is 1.98. The van der Waals surface area contributed by atoms with Crippen molar-refractivity contribution in [2.75, 3.05) is 10.2 Å². The van der Waals surface area contributed by atoms with Crippen LogP contribution in [0.2, 0.25) is 0 Å². The minimum atomic E-state index is 0.0465. The molecular weight excluding hydrogens is 252 g/mol. The third-order valence-corrected chi connectivity index (χ3v) is 3.44. The van der Waals surface area contributed by atoms with Crippen molar-refractivity contribution in [3.8, 4) is 0 Å². The van der Waals surface area contributed by atoms with Crippen LogP contribution < -0.4 is 10.2 Å². The smallest absolute Gasteiger partial charge is 0.224 e. The van der Waals surface area contributed by atoms with E-state index in [9.17, 15) is 9.59 Å². The van der Waals surface area contributed by atoms with E-state index in [2.05, 4.69) is 12.2 Å². The van der Waals surface area contributed by atoms with E-state index in [4.69, 9.17) is 0 Å². The number of anilines is 2. The number of benzene rings is 1. The van der Waals surface area contributed by atoms with Crippen LogP contribution >= 0.6 is 0 Å². The van der Waals surface area contributed by atoms with Gasteiger partial charge in [-0.1, -0.05) is 13.3 Å². The van der Waals surface area contributed by atoms with Crippen LogP contribution in [-0.4, -0.2) is 17.9 Å². The molecule has 0 heterocycles. The van der Waals surface area contributed by atoms with E-state index in [-0.39, 0.29) is 11.8 Å². The number of unbranched alkanes of at least 4 members (excludes halogenated alkanes) is 1. The summed E-state index contributed by atoms with van der Waals surface area (Å²) in [4.78, 5) is 25.1. The SMILES string of the molecule is CCCCC(=O)Nc1ccc(N(C(C)=O)C2CC2)cc1. The third-order valence-electron chi connectivity index (χ3n) is 3.44. The summed E-state index contributed by atoms with van der Waals surface area (Å²) < 4.78 is 0. The van der Waals surface area contributed by atoms with Gasteiger partial charge in [0.1, 0.15) is 0 Å². The number of carbonyl (C=O) groups excluding carboxylic acids is 2. The van der Waals surface area contributed by atoms with Crippen LogP contribution in [0.25, 0.3) is 0 Å². The number of nitrogens with one attached hydrogen (secondary N) is 1. The molecule has 1 aromatic carbocycles. The van der Waals surface area contributed by atoms with Crippen LogP contribution in [0.1, 0.15) is 46.0 Å². The first-order valence-electron chi connectivity index (χ1n) is 7.31. The normalized spacial score (nSPS) is 13.9. The molecule has 0 atom stereocenters. The van der Waals surface area contributed by atoms with Crippen molar-refractivity contribution in [2.45, 2.75) is 52.0 Å².